The molecule has 1 atom stereocenters. The molecule has 6 heteroatoms. The quantitative estimate of drug-likeness (QED) is 0.0262. The Bertz CT molecular complexity index is 1530. The summed E-state index contributed by atoms with van der Waals surface area (Å²) >= 11 is 0. The molecule has 394 valence electrons. The molecule has 0 heterocycles. The highest BCUT2D eigenvalue weighted by atomic mass is 16.6. The van der Waals surface area contributed by atoms with Gasteiger partial charge in [0.25, 0.3) is 0 Å². The highest BCUT2D eigenvalue weighted by Gasteiger charge is 2.19. The van der Waals surface area contributed by atoms with Crippen LogP contribution in [0.3, 0.4) is 0 Å². The zero-order valence-corrected chi connectivity index (χ0v) is 45.0. The summed E-state index contributed by atoms with van der Waals surface area (Å²) in [5.41, 5.74) is 0. The van der Waals surface area contributed by atoms with Gasteiger partial charge in [-0.25, -0.2) is 0 Å². The normalized spacial score (nSPS) is 13.1. The number of allylic oxidation sites excluding steroid dienone is 22. The number of rotatable bonds is 49. The van der Waals surface area contributed by atoms with Crippen LogP contribution in [0.5, 0.6) is 0 Å². The molecule has 0 spiro atoms. The van der Waals surface area contributed by atoms with Gasteiger partial charge in [-0.05, 0) is 116 Å². The van der Waals surface area contributed by atoms with Gasteiger partial charge >= 0.3 is 17.9 Å². The molecule has 70 heavy (non-hydrogen) atoms. The summed E-state index contributed by atoms with van der Waals surface area (Å²) in [5, 5.41) is 0. The summed E-state index contributed by atoms with van der Waals surface area (Å²) < 4.78 is 16.7. The second kappa shape index (κ2) is 57.1. The Hall–Kier alpha value is -4.45. The van der Waals surface area contributed by atoms with Crippen molar-refractivity contribution in [2.24, 2.45) is 0 Å². The Morgan fingerprint density at radius 2 is 0.557 bits per heavy atom. The molecule has 0 saturated heterocycles. The molecule has 0 aromatic carbocycles. The van der Waals surface area contributed by atoms with Crippen molar-refractivity contribution in [3.8, 4) is 0 Å². The summed E-state index contributed by atoms with van der Waals surface area (Å²) in [4.78, 5) is 37.9. The predicted octanol–water partition coefficient (Wildman–Crippen LogP) is 19.0. The van der Waals surface area contributed by atoms with Crippen LogP contribution in [0, 0.1) is 0 Å². The average Bonchev–Trinajstić information content (AvgIpc) is 3.36. The molecule has 0 aromatic heterocycles. The van der Waals surface area contributed by atoms with E-state index >= 15 is 0 Å². The van der Waals surface area contributed by atoms with Gasteiger partial charge in [0.05, 0.1) is 0 Å². The Morgan fingerprint density at radius 3 is 0.886 bits per heavy atom. The lowest BCUT2D eigenvalue weighted by atomic mass is 10.1. The predicted molar refractivity (Wildman–Crippen MR) is 302 cm³/mol. The summed E-state index contributed by atoms with van der Waals surface area (Å²) in [6.07, 6.45) is 80.4. The lowest BCUT2D eigenvalue weighted by molar-refractivity contribution is -0.167. The second-order valence-electron chi connectivity index (χ2n) is 18.1. The van der Waals surface area contributed by atoms with Gasteiger partial charge in [-0.1, -0.05) is 231 Å². The van der Waals surface area contributed by atoms with Gasteiger partial charge in [0.1, 0.15) is 13.2 Å². The summed E-state index contributed by atoms with van der Waals surface area (Å²) in [5.74, 6) is -0.955. The summed E-state index contributed by atoms with van der Waals surface area (Å²) in [6.45, 7) is 6.30. The van der Waals surface area contributed by atoms with Crippen molar-refractivity contribution < 1.29 is 28.6 Å². The first-order valence-electron chi connectivity index (χ1n) is 28.2. The van der Waals surface area contributed by atoms with E-state index < -0.39 is 6.10 Å². The van der Waals surface area contributed by atoms with Crippen molar-refractivity contribution in [1.29, 1.82) is 0 Å². The van der Waals surface area contributed by atoms with Crippen LogP contribution in [0.1, 0.15) is 233 Å². The molecule has 0 rings (SSSR count). The first-order valence-corrected chi connectivity index (χ1v) is 28.2. The van der Waals surface area contributed by atoms with Crippen LogP contribution in [0.25, 0.3) is 0 Å². The van der Waals surface area contributed by atoms with Crippen LogP contribution >= 0.6 is 0 Å². The van der Waals surface area contributed by atoms with Gasteiger partial charge in [0, 0.05) is 19.3 Å². The van der Waals surface area contributed by atoms with E-state index in [1.165, 1.54) is 51.4 Å². The minimum Gasteiger partial charge on any atom is -0.462 e. The third-order valence-corrected chi connectivity index (χ3v) is 11.4. The fourth-order valence-electron chi connectivity index (χ4n) is 7.24. The van der Waals surface area contributed by atoms with Crippen molar-refractivity contribution >= 4 is 17.9 Å². The smallest absolute Gasteiger partial charge is 0.306 e. The number of carbonyl (C=O) groups is 3. The van der Waals surface area contributed by atoms with E-state index in [1.54, 1.807) is 0 Å². The average molecular weight is 968 g/mol. The molecular formula is C64H102O6. The molecule has 0 aliphatic heterocycles. The molecule has 0 bridgehead atoms. The zero-order valence-electron chi connectivity index (χ0n) is 45.0. The maximum Gasteiger partial charge on any atom is 0.306 e. The molecule has 0 aliphatic carbocycles. The van der Waals surface area contributed by atoms with Gasteiger partial charge in [0.2, 0.25) is 0 Å². The van der Waals surface area contributed by atoms with E-state index in [-0.39, 0.29) is 31.1 Å². The number of hydrogen-bond donors (Lipinski definition) is 0. The van der Waals surface area contributed by atoms with Gasteiger partial charge in [0.15, 0.2) is 6.10 Å². The Kier molecular flexibility index (Phi) is 53.5. The van der Waals surface area contributed by atoms with Gasteiger partial charge in [-0.2, -0.15) is 0 Å². The van der Waals surface area contributed by atoms with Gasteiger partial charge in [-0.3, -0.25) is 14.4 Å². The molecule has 0 fully saturated rings. The molecule has 1 unspecified atom stereocenters. The summed E-state index contributed by atoms with van der Waals surface area (Å²) in [6, 6.07) is 0. The van der Waals surface area contributed by atoms with E-state index in [0.717, 1.165) is 141 Å². The molecule has 6 nitrogen and oxygen atoms in total. The third kappa shape index (κ3) is 54.5. The topological polar surface area (TPSA) is 78.9 Å². The lowest BCUT2D eigenvalue weighted by Gasteiger charge is -2.18. The highest BCUT2D eigenvalue weighted by Crippen LogP contribution is 2.14. The van der Waals surface area contributed by atoms with Gasteiger partial charge in [-0.15, -0.1) is 0 Å². The lowest BCUT2D eigenvalue weighted by Crippen LogP contribution is -2.30. The molecular weight excluding hydrogens is 865 g/mol. The molecule has 0 aromatic rings. The van der Waals surface area contributed by atoms with Crippen LogP contribution < -0.4 is 0 Å². The number of unbranched alkanes of at least 4 members (excludes halogenated alkanes) is 16. The van der Waals surface area contributed by atoms with Crippen LogP contribution in [0.15, 0.2) is 134 Å². The number of carbonyl (C=O) groups excluding carboxylic acids is 3. The van der Waals surface area contributed by atoms with Crippen LogP contribution in [-0.2, 0) is 28.6 Å². The Balaban J connectivity index is 4.28. The first-order chi connectivity index (χ1) is 34.5. The third-order valence-electron chi connectivity index (χ3n) is 11.4. The molecule has 0 N–H and O–H groups in total. The van der Waals surface area contributed by atoms with Crippen molar-refractivity contribution in [2.75, 3.05) is 13.2 Å². The molecule has 0 amide bonds. The minimum absolute atomic E-state index is 0.0964. The largest absolute Gasteiger partial charge is 0.462 e. The zero-order chi connectivity index (χ0) is 50.7. The maximum atomic E-state index is 12.8. The number of ether oxygens (including phenoxy) is 3. The standard InChI is InChI=1S/C64H102O6/c1-4-7-10-13-16-18-20-22-24-26-28-30-31-32-33-35-36-38-40-42-44-46-48-51-54-57-63(66)69-60-61(59-68-62(65)56-53-50-15-12-9-6-3)70-64(67)58-55-52-49-47-45-43-41-39-37-34-29-27-25-23-21-19-17-14-11-8-5-2/h7-8,10-11,16-19,22-25,28-30,32-34,36,38,42,44,61H,4-6,9,12-15,20-21,26-27,31,35,37,39-41,43,45-60H2,1-3H3/b10-7-,11-8-,18-16-,19-17-,24-22-,25-23-,30-28-,33-32-,34-29-,38-36-,44-42-. The number of hydrogen-bond acceptors (Lipinski definition) is 6. The first kappa shape index (κ1) is 65.5. The monoisotopic (exact) mass is 967 g/mol. The molecule has 0 saturated carbocycles. The van der Waals surface area contributed by atoms with Gasteiger partial charge < -0.3 is 14.2 Å². The van der Waals surface area contributed by atoms with E-state index in [0.29, 0.717) is 19.3 Å². The van der Waals surface area contributed by atoms with E-state index in [1.807, 2.05) is 0 Å². The van der Waals surface area contributed by atoms with E-state index in [4.69, 9.17) is 14.2 Å². The fraction of sp³-hybridized carbons (Fsp3) is 0.609. The molecule has 0 aliphatic rings. The van der Waals surface area contributed by atoms with Crippen molar-refractivity contribution in [3.05, 3.63) is 134 Å². The van der Waals surface area contributed by atoms with Crippen molar-refractivity contribution in [3.63, 3.8) is 0 Å². The Morgan fingerprint density at radius 1 is 0.300 bits per heavy atom. The van der Waals surface area contributed by atoms with Crippen molar-refractivity contribution in [2.45, 2.75) is 239 Å². The van der Waals surface area contributed by atoms with Crippen LogP contribution in [-0.4, -0.2) is 37.2 Å². The Labute approximate surface area is 430 Å². The molecule has 0 radical (unpaired) electrons. The highest BCUT2D eigenvalue weighted by molar-refractivity contribution is 5.71. The number of esters is 3. The summed E-state index contributed by atoms with van der Waals surface area (Å²) in [7, 11) is 0. The fourth-order valence-corrected chi connectivity index (χ4v) is 7.24. The minimum atomic E-state index is -0.798. The second-order valence-corrected chi connectivity index (χ2v) is 18.1. The van der Waals surface area contributed by atoms with Crippen LogP contribution in [0.4, 0.5) is 0 Å². The SMILES string of the molecule is CC/C=C\C/C=C\C/C=C\C/C=C\C/C=C\C/C=C\C/C=C\CCCCCC(=O)OCC(COC(=O)CCCCCCCC)OC(=O)CCCCCCCCCC/C=C\C/C=C\C/C=C\C/C=C\CC. The van der Waals surface area contributed by atoms with E-state index in [2.05, 4.69) is 154 Å². The maximum absolute atomic E-state index is 12.8. The van der Waals surface area contributed by atoms with E-state index in [9.17, 15) is 14.4 Å². The van der Waals surface area contributed by atoms with Crippen molar-refractivity contribution in [1.82, 2.24) is 0 Å². The van der Waals surface area contributed by atoms with Crippen LogP contribution in [0.2, 0.25) is 0 Å².